The van der Waals surface area contributed by atoms with Crippen molar-refractivity contribution in [2.75, 3.05) is 71.6 Å². The molecule has 0 aromatic carbocycles. The Hall–Kier alpha value is -6.47. The van der Waals surface area contributed by atoms with Gasteiger partial charge in [-0.15, -0.1) is 5.10 Å². The van der Waals surface area contributed by atoms with E-state index in [1.807, 2.05) is 11.8 Å². The molecule has 2 aromatic heterocycles. The molecule has 10 amide bonds. The van der Waals surface area contributed by atoms with Crippen LogP contribution in [0, 0.1) is 11.8 Å². The number of carbonyl (C=O) groups excluding carboxylic acids is 9. The molecule has 0 saturated carbocycles. The molecule has 464 valence electrons. The number of ether oxygens (including phenoxy) is 3. The third-order valence-corrected chi connectivity index (χ3v) is 15.4. The van der Waals surface area contributed by atoms with Crippen LogP contribution >= 0.6 is 11.8 Å². The molecule has 30 heteroatoms. The Labute approximate surface area is 488 Å². The fourth-order valence-electron chi connectivity index (χ4n) is 9.42. The molecule has 9 atom stereocenters. The molecule has 5 rings (SSSR count). The topological polar surface area (TPSA) is 407 Å². The minimum Gasteiger partial charge on any atom is -0.394 e. The molecule has 0 aliphatic carbocycles. The summed E-state index contributed by atoms with van der Waals surface area (Å²) < 4.78 is 18.4. The van der Waals surface area contributed by atoms with Crippen LogP contribution in [0.5, 0.6) is 0 Å². The number of hydrogen-bond donors (Lipinski definition) is 13. The molecular formula is C53H88N16O13S. The van der Waals surface area contributed by atoms with Crippen molar-refractivity contribution in [3.63, 3.8) is 0 Å². The summed E-state index contributed by atoms with van der Waals surface area (Å²) in [5, 5.41) is 46.3. The number of amides is 10. The standard InChI is InChI=1S/C53H88N16O13S/c1-32(2)23-38-50(76)63-40(29-70)49(75)58-27-44(72)60-37(48(74)57-15-10-18-81-20-22-82-21-19-80-17-9-14-56-43(71)13-6-5-12-42-46-41(30-83-42)64-53(79)66-46)11-7-8-16-69-28-35(67-68-69)24-36(54)47(73)65-45(33(3)4)52(78)62-39(51(77)61-38)25-34-26-55-31-59-34/h26,28,31-33,36-42,45-46,70H,5-25,27,29-30,54H2,1-4H3,(H,55,59)(H,56,71)(H,57,74)(H,58,75)(H,60,72)(H,61,77)(H,62,78)(H,63,76)(H,65,73)(H2,64,66,79)/t36-,37-,38-,39-,40-,41+,42+,45?,46+/m0/s1. The van der Waals surface area contributed by atoms with E-state index in [4.69, 9.17) is 19.9 Å². The van der Waals surface area contributed by atoms with E-state index in [0.29, 0.717) is 101 Å². The first-order chi connectivity index (χ1) is 39.9. The average Bonchev–Trinajstić information content (AvgIpc) is 4.42. The number of H-pyrrole nitrogens is 1. The van der Waals surface area contributed by atoms with Gasteiger partial charge in [0.25, 0.3) is 0 Å². The van der Waals surface area contributed by atoms with Crippen molar-refractivity contribution in [2.24, 2.45) is 17.6 Å². The normalized spacial score (nSPS) is 24.5. The van der Waals surface area contributed by atoms with Crippen molar-refractivity contribution in [2.45, 2.75) is 165 Å². The summed E-state index contributed by atoms with van der Waals surface area (Å²) in [7, 11) is 0. The van der Waals surface area contributed by atoms with Crippen molar-refractivity contribution >= 4 is 65.1 Å². The van der Waals surface area contributed by atoms with Crippen LogP contribution in [0.15, 0.2) is 18.7 Å². The number of aliphatic hydroxyl groups excluding tert-OH is 1. The van der Waals surface area contributed by atoms with E-state index in [9.17, 15) is 48.3 Å². The Morgan fingerprint density at radius 1 is 0.783 bits per heavy atom. The lowest BCUT2D eigenvalue weighted by Gasteiger charge is -2.28. The minimum absolute atomic E-state index is 0.0177. The van der Waals surface area contributed by atoms with Crippen molar-refractivity contribution < 1.29 is 62.5 Å². The highest BCUT2D eigenvalue weighted by atomic mass is 32.2. The number of imidazole rings is 1. The van der Waals surface area contributed by atoms with Gasteiger partial charge in [0.05, 0.1) is 75.4 Å². The van der Waals surface area contributed by atoms with Crippen molar-refractivity contribution in [1.29, 1.82) is 0 Å². The largest absolute Gasteiger partial charge is 0.394 e. The zero-order valence-corrected chi connectivity index (χ0v) is 49.0. The van der Waals surface area contributed by atoms with Crippen LogP contribution in [0.3, 0.4) is 0 Å². The smallest absolute Gasteiger partial charge is 0.315 e. The first-order valence-electron chi connectivity index (χ1n) is 28.9. The Morgan fingerprint density at radius 3 is 2.16 bits per heavy atom. The number of urea groups is 1. The molecule has 2 fully saturated rings. The quantitative estimate of drug-likeness (QED) is 0.0337. The summed E-state index contributed by atoms with van der Waals surface area (Å²) in [6.07, 6.45) is 9.96. The number of unbranched alkanes of at least 4 members (excludes halogenated alkanes) is 1. The van der Waals surface area contributed by atoms with E-state index in [1.54, 1.807) is 38.6 Å². The summed E-state index contributed by atoms with van der Waals surface area (Å²) >= 11 is 1.87. The van der Waals surface area contributed by atoms with Crippen LogP contribution in [0.4, 0.5) is 4.79 Å². The predicted octanol–water partition coefficient (Wildman–Crippen LogP) is -2.68. The van der Waals surface area contributed by atoms with E-state index in [1.165, 1.54) is 12.5 Å². The second-order valence-corrected chi connectivity index (χ2v) is 22.9. The van der Waals surface area contributed by atoms with Crippen molar-refractivity contribution in [1.82, 2.24) is 78.1 Å². The number of fused-ring (bicyclic) bond motifs is 3. The van der Waals surface area contributed by atoms with Crippen LogP contribution in [0.25, 0.3) is 0 Å². The third-order valence-electron chi connectivity index (χ3n) is 13.9. The lowest BCUT2D eigenvalue weighted by atomic mass is 10.00. The zero-order valence-electron chi connectivity index (χ0n) is 48.2. The molecule has 1 unspecified atom stereocenters. The number of aromatic nitrogens is 5. The van der Waals surface area contributed by atoms with E-state index in [2.05, 4.69) is 73.4 Å². The van der Waals surface area contributed by atoms with Gasteiger partial charge in [0.1, 0.15) is 30.2 Å². The first-order valence-corrected chi connectivity index (χ1v) is 29.9. The number of aryl methyl sites for hydroxylation is 1. The van der Waals surface area contributed by atoms with Crippen LogP contribution in [0.1, 0.15) is 103 Å². The number of rotatable bonds is 26. The lowest BCUT2D eigenvalue weighted by molar-refractivity contribution is -0.135. The molecule has 3 aliphatic rings. The van der Waals surface area contributed by atoms with Crippen LogP contribution < -0.4 is 58.9 Å². The van der Waals surface area contributed by atoms with Gasteiger partial charge in [-0.25, -0.2) is 9.78 Å². The van der Waals surface area contributed by atoms with Crippen LogP contribution in [-0.4, -0.2) is 209 Å². The van der Waals surface area contributed by atoms with Gasteiger partial charge in [-0.05, 0) is 63.2 Å². The van der Waals surface area contributed by atoms with E-state index in [-0.39, 0.29) is 62.2 Å². The van der Waals surface area contributed by atoms with E-state index >= 15 is 0 Å². The fraction of sp³-hybridized carbons (Fsp3) is 0.736. The highest BCUT2D eigenvalue weighted by molar-refractivity contribution is 8.00. The summed E-state index contributed by atoms with van der Waals surface area (Å²) in [5.74, 6) is -4.73. The van der Waals surface area contributed by atoms with Gasteiger partial charge in [0.2, 0.25) is 47.3 Å². The summed E-state index contributed by atoms with van der Waals surface area (Å²) in [5.41, 5.74) is 7.13. The number of nitrogens with two attached hydrogens (primary N) is 1. The minimum atomic E-state index is -1.55. The van der Waals surface area contributed by atoms with Gasteiger partial charge in [-0.3, -0.25) is 43.0 Å². The van der Waals surface area contributed by atoms with Gasteiger partial charge in [0.15, 0.2) is 0 Å². The third kappa shape index (κ3) is 24.3. The number of carbonyl (C=O) groups is 9. The van der Waals surface area contributed by atoms with Crippen LogP contribution in [0.2, 0.25) is 0 Å². The predicted molar refractivity (Wildman–Crippen MR) is 304 cm³/mol. The number of nitrogens with zero attached hydrogens (tertiary/aromatic N) is 4. The monoisotopic (exact) mass is 1190 g/mol. The van der Waals surface area contributed by atoms with E-state index < -0.39 is 96.7 Å². The molecule has 2 aromatic rings. The second-order valence-electron chi connectivity index (χ2n) is 21.7. The molecule has 0 radical (unpaired) electrons. The Kier molecular flexibility index (Phi) is 29.4. The van der Waals surface area contributed by atoms with Crippen molar-refractivity contribution in [3.8, 4) is 0 Å². The summed E-state index contributed by atoms with van der Waals surface area (Å²) in [4.78, 5) is 126. The molecule has 3 aliphatic heterocycles. The molecule has 14 N–H and O–H groups in total. The molecular weight excluding hydrogens is 1100 g/mol. The van der Waals surface area contributed by atoms with Gasteiger partial charge in [-0.2, -0.15) is 11.8 Å². The summed E-state index contributed by atoms with van der Waals surface area (Å²) in [6.45, 7) is 8.87. The molecule has 0 spiro atoms. The maximum absolute atomic E-state index is 14.0. The molecule has 2 bridgehead atoms. The second kappa shape index (κ2) is 36.3. The SMILES string of the molecule is CC(C)C[C@@H]1NC(=O)[C@H](Cc2c[nH]cn2)NC(=O)C(C(C)C)NC(=O)[C@@H](N)Cc2cn(nn2)CCCC[C@@H](C(=O)NCCCOCCOCCOCCCNC(=O)CCCC[C@H]2SC[C@H]3NC(=O)N[C@H]32)NC(=O)CNC(=O)[C@H](CO)NC1=O. The number of aromatic amines is 1. The average molecular weight is 1190 g/mol. The summed E-state index contributed by atoms with van der Waals surface area (Å²) in [6, 6.07) is -7.10. The fourth-order valence-corrected chi connectivity index (χ4v) is 11.0. The molecule has 83 heavy (non-hydrogen) atoms. The number of nitrogens with one attached hydrogen (secondary N) is 11. The van der Waals surface area contributed by atoms with Crippen LogP contribution in [-0.2, 0) is 72.0 Å². The number of thioether (sulfide) groups is 1. The van der Waals surface area contributed by atoms with E-state index in [0.717, 1.165) is 25.0 Å². The molecule has 5 heterocycles. The Balaban J connectivity index is 1.05. The van der Waals surface area contributed by atoms with Gasteiger partial charge in [0, 0.05) is 75.5 Å². The zero-order chi connectivity index (χ0) is 60.1. The Morgan fingerprint density at radius 2 is 1.47 bits per heavy atom. The first kappa shape index (κ1) is 67.3. The maximum Gasteiger partial charge on any atom is 0.315 e. The highest BCUT2D eigenvalue weighted by Crippen LogP contribution is 2.33. The Bertz CT molecular complexity index is 2380. The van der Waals surface area contributed by atoms with Gasteiger partial charge in [-0.1, -0.05) is 39.3 Å². The highest BCUT2D eigenvalue weighted by Gasteiger charge is 2.42. The lowest BCUT2D eigenvalue weighted by Crippen LogP contribution is -2.60. The molecule has 29 nitrogen and oxygen atoms in total. The number of aliphatic hydroxyl groups is 1. The molecule has 2 saturated heterocycles. The van der Waals surface area contributed by atoms with Crippen molar-refractivity contribution in [3.05, 3.63) is 30.1 Å². The number of hydrogen-bond acceptors (Lipinski definition) is 18. The maximum atomic E-state index is 14.0. The van der Waals surface area contributed by atoms with Gasteiger partial charge >= 0.3 is 6.03 Å². The van der Waals surface area contributed by atoms with Gasteiger partial charge < -0.3 is 83.2 Å².